The van der Waals surface area contributed by atoms with Gasteiger partial charge in [0.05, 0.1) is 6.61 Å². The molecule has 0 aromatic heterocycles. The third kappa shape index (κ3) is 4.44. The van der Waals surface area contributed by atoms with Crippen LogP contribution in [0.3, 0.4) is 0 Å². The smallest absolute Gasteiger partial charge is 0.328 e. The van der Waals surface area contributed by atoms with Crippen molar-refractivity contribution in [2.45, 2.75) is 6.61 Å². The van der Waals surface area contributed by atoms with E-state index in [1.165, 1.54) is 6.08 Å². The Hall–Kier alpha value is -2.11. The number of carboxylic acids is 1. The Morgan fingerprint density at radius 3 is 2.38 bits per heavy atom. The van der Waals surface area contributed by atoms with E-state index >= 15 is 0 Å². The lowest BCUT2D eigenvalue weighted by Crippen LogP contribution is -1.88. The largest absolute Gasteiger partial charge is 0.478 e. The molecule has 0 aliphatic rings. The van der Waals surface area contributed by atoms with Gasteiger partial charge in [-0.05, 0) is 41.5 Å². The van der Waals surface area contributed by atoms with Crippen molar-refractivity contribution in [1.82, 2.24) is 0 Å². The van der Waals surface area contributed by atoms with Crippen molar-refractivity contribution >= 4 is 28.0 Å². The molecule has 4 nitrogen and oxygen atoms in total. The molecule has 0 unspecified atom stereocenters. The first-order chi connectivity index (χ1) is 10.1. The van der Waals surface area contributed by atoms with Crippen LogP contribution in [0.4, 0.5) is 0 Å². The van der Waals surface area contributed by atoms with E-state index in [0.717, 1.165) is 21.7 Å². The predicted octanol–water partition coefficient (Wildman–Crippen LogP) is 3.83. The molecule has 108 valence electrons. The first-order valence-electron chi connectivity index (χ1n) is 6.16. The zero-order chi connectivity index (χ0) is 15.2. The quantitative estimate of drug-likeness (QED) is 0.805. The molecule has 0 fully saturated rings. The molecular formula is C16H13BrO4. The summed E-state index contributed by atoms with van der Waals surface area (Å²) in [6.45, 7) is -0.00353. The van der Waals surface area contributed by atoms with Crippen molar-refractivity contribution in [3.63, 3.8) is 0 Å². The molecule has 0 saturated heterocycles. The van der Waals surface area contributed by atoms with Gasteiger partial charge >= 0.3 is 5.97 Å². The molecule has 0 saturated carbocycles. The zero-order valence-electron chi connectivity index (χ0n) is 11.0. The zero-order valence-corrected chi connectivity index (χ0v) is 12.6. The van der Waals surface area contributed by atoms with E-state index in [4.69, 9.17) is 14.9 Å². The van der Waals surface area contributed by atoms with E-state index in [1.54, 1.807) is 42.5 Å². The lowest BCUT2D eigenvalue weighted by molar-refractivity contribution is -0.131. The van der Waals surface area contributed by atoms with Gasteiger partial charge in [-0.15, -0.1) is 0 Å². The van der Waals surface area contributed by atoms with E-state index in [2.05, 4.69) is 15.9 Å². The SMILES string of the molecule is O=C(O)/C=C/c1ccc(Oc2ccc(CO)cc2)cc1Br. The third-order valence-electron chi connectivity index (χ3n) is 2.72. The van der Waals surface area contributed by atoms with Crippen LogP contribution >= 0.6 is 15.9 Å². The highest BCUT2D eigenvalue weighted by Crippen LogP contribution is 2.28. The first-order valence-corrected chi connectivity index (χ1v) is 6.96. The second-order valence-electron chi connectivity index (χ2n) is 4.26. The van der Waals surface area contributed by atoms with Crippen LogP contribution in [0.2, 0.25) is 0 Å². The monoisotopic (exact) mass is 348 g/mol. The van der Waals surface area contributed by atoms with Crippen LogP contribution in [0.1, 0.15) is 11.1 Å². The Kier molecular flexibility index (Phi) is 5.14. The molecule has 2 aromatic carbocycles. The summed E-state index contributed by atoms with van der Waals surface area (Å²) in [7, 11) is 0. The second kappa shape index (κ2) is 7.06. The molecule has 0 heterocycles. The molecule has 21 heavy (non-hydrogen) atoms. The van der Waals surface area contributed by atoms with Gasteiger partial charge in [0.2, 0.25) is 0 Å². The van der Waals surface area contributed by atoms with Gasteiger partial charge in [-0.1, -0.05) is 34.1 Å². The number of aliphatic hydroxyl groups excluding tert-OH is 1. The number of aliphatic hydroxyl groups is 1. The first kappa shape index (κ1) is 15.3. The Labute approximate surface area is 130 Å². The highest BCUT2D eigenvalue weighted by atomic mass is 79.9. The van der Waals surface area contributed by atoms with Crippen molar-refractivity contribution in [3.05, 3.63) is 64.1 Å². The Morgan fingerprint density at radius 2 is 1.81 bits per heavy atom. The van der Waals surface area contributed by atoms with E-state index in [1.807, 2.05) is 0 Å². The van der Waals surface area contributed by atoms with Crippen LogP contribution in [0, 0.1) is 0 Å². The van der Waals surface area contributed by atoms with Gasteiger partial charge in [-0.25, -0.2) is 4.79 Å². The summed E-state index contributed by atoms with van der Waals surface area (Å²) in [6.07, 6.45) is 2.58. The summed E-state index contributed by atoms with van der Waals surface area (Å²) in [4.78, 5) is 10.5. The molecular weight excluding hydrogens is 336 g/mol. The molecule has 0 aliphatic heterocycles. The molecule has 0 aliphatic carbocycles. The maximum atomic E-state index is 10.5. The van der Waals surface area contributed by atoms with E-state index in [9.17, 15) is 4.79 Å². The lowest BCUT2D eigenvalue weighted by atomic mass is 10.2. The molecule has 0 spiro atoms. The molecule has 5 heteroatoms. The molecule has 2 aromatic rings. The lowest BCUT2D eigenvalue weighted by Gasteiger charge is -2.08. The molecule has 0 radical (unpaired) electrons. The van der Waals surface area contributed by atoms with Gasteiger partial charge in [-0.3, -0.25) is 0 Å². The fourth-order valence-electron chi connectivity index (χ4n) is 1.67. The second-order valence-corrected chi connectivity index (χ2v) is 5.11. The van der Waals surface area contributed by atoms with Crippen molar-refractivity contribution in [2.75, 3.05) is 0 Å². The van der Waals surface area contributed by atoms with Crippen LogP contribution in [0.25, 0.3) is 6.08 Å². The fourth-order valence-corrected chi connectivity index (χ4v) is 2.16. The fraction of sp³-hybridized carbons (Fsp3) is 0.0625. The van der Waals surface area contributed by atoms with Gasteiger partial charge < -0.3 is 14.9 Å². The third-order valence-corrected chi connectivity index (χ3v) is 3.41. The van der Waals surface area contributed by atoms with Crippen LogP contribution in [-0.2, 0) is 11.4 Å². The average molecular weight is 349 g/mol. The summed E-state index contributed by atoms with van der Waals surface area (Å²) in [5.41, 5.74) is 1.57. The molecule has 0 bridgehead atoms. The average Bonchev–Trinajstić information content (AvgIpc) is 2.47. The molecule has 2 N–H and O–H groups in total. The molecule has 2 rings (SSSR count). The molecule has 0 atom stereocenters. The van der Waals surface area contributed by atoms with Gasteiger partial charge in [0.15, 0.2) is 0 Å². The maximum absolute atomic E-state index is 10.5. The van der Waals surface area contributed by atoms with Crippen LogP contribution in [0.15, 0.2) is 53.0 Å². The number of aliphatic carboxylic acids is 1. The summed E-state index contributed by atoms with van der Waals surface area (Å²) >= 11 is 3.38. The number of ether oxygens (including phenoxy) is 1. The minimum atomic E-state index is -0.994. The number of hydrogen-bond donors (Lipinski definition) is 2. The number of rotatable bonds is 5. The Morgan fingerprint density at radius 1 is 1.14 bits per heavy atom. The highest BCUT2D eigenvalue weighted by molar-refractivity contribution is 9.10. The standard InChI is InChI=1S/C16H13BrO4/c17-15-9-14(7-3-12(15)4-8-16(19)20)21-13-5-1-11(10-18)2-6-13/h1-9,18H,10H2,(H,19,20)/b8-4+. The van der Waals surface area contributed by atoms with Crippen LogP contribution in [-0.4, -0.2) is 16.2 Å². The van der Waals surface area contributed by atoms with E-state index in [-0.39, 0.29) is 6.61 Å². The number of hydrogen-bond acceptors (Lipinski definition) is 3. The highest BCUT2D eigenvalue weighted by Gasteiger charge is 2.02. The van der Waals surface area contributed by atoms with Crippen LogP contribution in [0.5, 0.6) is 11.5 Å². The van der Waals surface area contributed by atoms with Gasteiger partial charge in [0.1, 0.15) is 11.5 Å². The predicted molar refractivity (Wildman–Crippen MR) is 83.3 cm³/mol. The van der Waals surface area contributed by atoms with Crippen molar-refractivity contribution in [1.29, 1.82) is 0 Å². The van der Waals surface area contributed by atoms with Crippen molar-refractivity contribution in [2.24, 2.45) is 0 Å². The summed E-state index contributed by atoms with van der Waals surface area (Å²) < 4.78 is 6.43. The summed E-state index contributed by atoms with van der Waals surface area (Å²) in [5.74, 6) is 0.297. The van der Waals surface area contributed by atoms with Crippen LogP contribution < -0.4 is 4.74 Å². The Balaban J connectivity index is 2.14. The number of benzene rings is 2. The normalized spacial score (nSPS) is 10.8. The van der Waals surface area contributed by atoms with Gasteiger partial charge in [0.25, 0.3) is 0 Å². The topological polar surface area (TPSA) is 66.8 Å². The van der Waals surface area contributed by atoms with Crippen molar-refractivity contribution < 1.29 is 19.7 Å². The molecule has 0 amide bonds. The van der Waals surface area contributed by atoms with Gasteiger partial charge in [-0.2, -0.15) is 0 Å². The van der Waals surface area contributed by atoms with E-state index < -0.39 is 5.97 Å². The Bertz CT molecular complexity index is 662. The van der Waals surface area contributed by atoms with Gasteiger partial charge in [0, 0.05) is 10.5 Å². The number of halogens is 1. The van der Waals surface area contributed by atoms with Crippen molar-refractivity contribution in [3.8, 4) is 11.5 Å². The maximum Gasteiger partial charge on any atom is 0.328 e. The number of carboxylic acid groups (broad SMARTS) is 1. The summed E-state index contributed by atoms with van der Waals surface area (Å²) in [5, 5.41) is 17.6. The van der Waals surface area contributed by atoms with E-state index in [0.29, 0.717) is 11.5 Å². The minimum absolute atomic E-state index is 0.00353. The summed E-state index contributed by atoms with van der Waals surface area (Å²) in [6, 6.07) is 12.4. The minimum Gasteiger partial charge on any atom is -0.478 e. The number of carbonyl (C=O) groups is 1.